The Morgan fingerprint density at radius 1 is 1.14 bits per heavy atom. The van der Waals surface area contributed by atoms with Crippen LogP contribution < -0.4 is 5.73 Å². The molecule has 0 aromatic carbocycles. The molecule has 7 atom stereocenters. The zero-order valence-corrected chi connectivity index (χ0v) is 14.1. The molecule has 128 valence electrons. The largest absolute Gasteiger partial charge is 0.347 e. The van der Waals surface area contributed by atoms with Gasteiger partial charge in [0.15, 0.2) is 11.9 Å². The van der Waals surface area contributed by atoms with Gasteiger partial charge in [-0.05, 0) is 57.4 Å². The van der Waals surface area contributed by atoms with E-state index in [-0.39, 0.29) is 18.5 Å². The zero-order chi connectivity index (χ0) is 15.7. The third-order valence-corrected chi connectivity index (χ3v) is 6.13. The highest BCUT2D eigenvalue weighted by atomic mass is 17.2. The van der Waals surface area contributed by atoms with Crippen molar-refractivity contribution in [1.82, 2.24) is 0 Å². The van der Waals surface area contributed by atoms with Crippen LogP contribution in [0.5, 0.6) is 0 Å². The third-order valence-electron chi connectivity index (χ3n) is 6.13. The number of rotatable bonds is 4. The molecule has 0 bridgehead atoms. The Balaban J connectivity index is 1.97. The zero-order valence-electron chi connectivity index (χ0n) is 14.1. The minimum Gasteiger partial charge on any atom is -0.347 e. The average molecular weight is 313 g/mol. The van der Waals surface area contributed by atoms with Gasteiger partial charge in [0.05, 0.1) is 19.3 Å². The Morgan fingerprint density at radius 2 is 1.95 bits per heavy atom. The standard InChI is InChI=1S/C17H31NO4/c1-11-7-8-13-5-4-6-14-12(2)15(9-10-18)21-16(20-11)17(13,14)22-19-3/h11-16H,4-10,18H2,1-3H3. The maximum atomic E-state index is 6.38. The van der Waals surface area contributed by atoms with Crippen LogP contribution in [-0.2, 0) is 19.2 Å². The van der Waals surface area contributed by atoms with Crippen molar-refractivity contribution in [3.8, 4) is 0 Å². The Hall–Kier alpha value is -0.200. The van der Waals surface area contributed by atoms with Crippen molar-refractivity contribution in [3.63, 3.8) is 0 Å². The molecule has 3 aliphatic rings. The van der Waals surface area contributed by atoms with Crippen molar-refractivity contribution in [2.45, 2.75) is 76.5 Å². The summed E-state index contributed by atoms with van der Waals surface area (Å²) in [6.45, 7) is 5.05. The normalized spacial score (nSPS) is 48.5. The quantitative estimate of drug-likeness (QED) is 0.638. The summed E-state index contributed by atoms with van der Waals surface area (Å²) in [5, 5.41) is 0. The molecular weight excluding hydrogens is 282 g/mol. The summed E-state index contributed by atoms with van der Waals surface area (Å²) >= 11 is 0. The van der Waals surface area contributed by atoms with E-state index in [1.807, 2.05) is 0 Å². The Kier molecular flexibility index (Phi) is 5.10. The lowest BCUT2D eigenvalue weighted by Crippen LogP contribution is -2.66. The summed E-state index contributed by atoms with van der Waals surface area (Å²) in [6.07, 6.45) is 6.64. The fourth-order valence-electron chi connectivity index (χ4n) is 5.06. The molecule has 1 saturated carbocycles. The summed E-state index contributed by atoms with van der Waals surface area (Å²) in [7, 11) is 1.60. The Morgan fingerprint density at radius 3 is 2.68 bits per heavy atom. The average Bonchev–Trinajstić information content (AvgIpc) is 2.63. The summed E-state index contributed by atoms with van der Waals surface area (Å²) in [5.41, 5.74) is 5.33. The van der Waals surface area contributed by atoms with Crippen LogP contribution >= 0.6 is 0 Å². The van der Waals surface area contributed by atoms with Crippen LogP contribution in [0.4, 0.5) is 0 Å². The van der Waals surface area contributed by atoms with Crippen molar-refractivity contribution < 1.29 is 19.2 Å². The van der Waals surface area contributed by atoms with Gasteiger partial charge in [0.1, 0.15) is 0 Å². The second kappa shape index (κ2) is 6.73. The smallest absolute Gasteiger partial charge is 0.190 e. The molecule has 2 aliphatic heterocycles. The molecule has 5 heteroatoms. The van der Waals surface area contributed by atoms with Gasteiger partial charge >= 0.3 is 0 Å². The van der Waals surface area contributed by atoms with E-state index in [1.165, 1.54) is 12.8 Å². The SMILES string of the molecule is COOC12C3CCCC1C(C)C(CCN)OC2OC(C)CC3. The second-order valence-corrected chi connectivity index (χ2v) is 7.30. The minimum absolute atomic E-state index is 0.151. The second-order valence-electron chi connectivity index (χ2n) is 7.30. The first kappa shape index (κ1) is 16.7. The van der Waals surface area contributed by atoms with E-state index in [2.05, 4.69) is 13.8 Å². The number of ether oxygens (including phenoxy) is 2. The minimum atomic E-state index is -0.456. The maximum absolute atomic E-state index is 6.38. The summed E-state index contributed by atoms with van der Waals surface area (Å²) in [5.74, 6) is 1.27. The topological polar surface area (TPSA) is 62.9 Å². The monoisotopic (exact) mass is 313 g/mol. The molecule has 0 spiro atoms. The fraction of sp³-hybridized carbons (Fsp3) is 1.00. The van der Waals surface area contributed by atoms with E-state index in [9.17, 15) is 0 Å². The number of hydrogen-bond donors (Lipinski definition) is 1. The Labute approximate surface area is 133 Å². The first-order chi connectivity index (χ1) is 10.6. The van der Waals surface area contributed by atoms with Crippen LogP contribution in [0.15, 0.2) is 0 Å². The molecule has 3 fully saturated rings. The third kappa shape index (κ3) is 2.61. The van der Waals surface area contributed by atoms with Crippen LogP contribution in [0, 0.1) is 17.8 Å². The predicted octanol–water partition coefficient (Wildman–Crippen LogP) is 2.63. The van der Waals surface area contributed by atoms with Crippen molar-refractivity contribution >= 4 is 0 Å². The van der Waals surface area contributed by atoms with E-state index in [1.54, 1.807) is 7.11 Å². The first-order valence-electron chi connectivity index (χ1n) is 8.86. The molecule has 7 unspecified atom stereocenters. The molecule has 3 rings (SSSR count). The van der Waals surface area contributed by atoms with Gasteiger partial charge in [0, 0.05) is 5.92 Å². The van der Waals surface area contributed by atoms with Gasteiger partial charge in [0.2, 0.25) is 0 Å². The highest BCUT2D eigenvalue weighted by Crippen LogP contribution is 2.55. The lowest BCUT2D eigenvalue weighted by atomic mass is 9.60. The molecule has 0 radical (unpaired) electrons. The van der Waals surface area contributed by atoms with Gasteiger partial charge in [-0.1, -0.05) is 13.3 Å². The first-order valence-corrected chi connectivity index (χ1v) is 8.86. The fourth-order valence-corrected chi connectivity index (χ4v) is 5.06. The lowest BCUT2D eigenvalue weighted by Gasteiger charge is -2.57. The number of hydrogen-bond acceptors (Lipinski definition) is 5. The molecule has 2 saturated heterocycles. The number of nitrogens with two attached hydrogens (primary N) is 1. The molecule has 22 heavy (non-hydrogen) atoms. The molecular formula is C17H31NO4. The van der Waals surface area contributed by atoms with E-state index in [0.29, 0.717) is 24.3 Å². The van der Waals surface area contributed by atoms with Gasteiger partial charge in [-0.25, -0.2) is 9.78 Å². The van der Waals surface area contributed by atoms with Crippen molar-refractivity contribution in [2.24, 2.45) is 23.5 Å². The molecule has 2 heterocycles. The van der Waals surface area contributed by atoms with E-state index in [0.717, 1.165) is 25.7 Å². The summed E-state index contributed by atoms with van der Waals surface area (Å²) in [6, 6.07) is 0. The summed E-state index contributed by atoms with van der Waals surface area (Å²) in [4.78, 5) is 11.2. The summed E-state index contributed by atoms with van der Waals surface area (Å²) < 4.78 is 12.6. The maximum Gasteiger partial charge on any atom is 0.190 e. The van der Waals surface area contributed by atoms with Crippen LogP contribution in [0.25, 0.3) is 0 Å². The van der Waals surface area contributed by atoms with Crippen molar-refractivity contribution in [3.05, 3.63) is 0 Å². The highest BCUT2D eigenvalue weighted by Gasteiger charge is 2.63. The van der Waals surface area contributed by atoms with Gasteiger partial charge in [-0.2, -0.15) is 0 Å². The lowest BCUT2D eigenvalue weighted by molar-refractivity contribution is -0.450. The van der Waals surface area contributed by atoms with E-state index in [4.69, 9.17) is 25.0 Å². The molecule has 0 aromatic rings. The van der Waals surface area contributed by atoms with Gasteiger partial charge in [-0.15, -0.1) is 0 Å². The van der Waals surface area contributed by atoms with Crippen molar-refractivity contribution in [2.75, 3.05) is 13.7 Å². The highest BCUT2D eigenvalue weighted by molar-refractivity contribution is 5.06. The van der Waals surface area contributed by atoms with Crippen LogP contribution in [0.1, 0.15) is 52.4 Å². The molecule has 0 amide bonds. The molecule has 1 aliphatic carbocycles. The van der Waals surface area contributed by atoms with Crippen molar-refractivity contribution in [1.29, 1.82) is 0 Å². The van der Waals surface area contributed by atoms with Gasteiger partial charge in [-0.3, -0.25) is 0 Å². The van der Waals surface area contributed by atoms with Gasteiger partial charge < -0.3 is 15.2 Å². The predicted molar refractivity (Wildman–Crippen MR) is 82.9 cm³/mol. The van der Waals surface area contributed by atoms with E-state index >= 15 is 0 Å². The van der Waals surface area contributed by atoms with E-state index < -0.39 is 5.60 Å². The van der Waals surface area contributed by atoms with Crippen LogP contribution in [-0.4, -0.2) is 37.8 Å². The molecule has 2 N–H and O–H groups in total. The molecule has 0 aromatic heterocycles. The molecule has 5 nitrogen and oxygen atoms in total. The van der Waals surface area contributed by atoms with Gasteiger partial charge in [0.25, 0.3) is 0 Å². The van der Waals surface area contributed by atoms with Crippen LogP contribution in [0.3, 0.4) is 0 Å². The van der Waals surface area contributed by atoms with Crippen LogP contribution in [0.2, 0.25) is 0 Å². The Bertz CT molecular complexity index is 380.